The summed E-state index contributed by atoms with van der Waals surface area (Å²) in [5, 5.41) is 14.3. The first-order valence-corrected chi connectivity index (χ1v) is 11.6. The van der Waals surface area contributed by atoms with Crippen molar-refractivity contribution in [2.45, 2.75) is 44.9 Å². The average Bonchev–Trinajstić information content (AvgIpc) is 2.80. The second kappa shape index (κ2) is 9.80. The van der Waals surface area contributed by atoms with Crippen LogP contribution in [-0.2, 0) is 6.18 Å². The van der Waals surface area contributed by atoms with Crippen LogP contribution in [0.4, 0.5) is 24.5 Å². The number of aliphatic hydroxyl groups is 1. The SMILES string of the molecule is CCC1(O)CCN(CCOc2cc(Nc3cc(C)nc4ccccc34)cc(C(F)(F)F)c2)CC1. The van der Waals surface area contributed by atoms with Gasteiger partial charge in [0.15, 0.2) is 0 Å². The van der Waals surface area contributed by atoms with Gasteiger partial charge in [-0.15, -0.1) is 0 Å². The molecule has 4 rings (SSSR count). The Morgan fingerprint density at radius 2 is 1.85 bits per heavy atom. The maximum Gasteiger partial charge on any atom is 0.416 e. The van der Waals surface area contributed by atoms with Crippen molar-refractivity contribution in [3.63, 3.8) is 0 Å². The van der Waals surface area contributed by atoms with E-state index in [0.717, 1.165) is 48.2 Å². The maximum atomic E-state index is 13.6. The van der Waals surface area contributed by atoms with Crippen LogP contribution >= 0.6 is 0 Å². The molecule has 182 valence electrons. The number of aromatic nitrogens is 1. The molecule has 0 radical (unpaired) electrons. The summed E-state index contributed by atoms with van der Waals surface area (Å²) >= 11 is 0. The van der Waals surface area contributed by atoms with Gasteiger partial charge in [-0.1, -0.05) is 25.1 Å². The topological polar surface area (TPSA) is 57.6 Å². The molecule has 0 bridgehead atoms. The quantitative estimate of drug-likeness (QED) is 0.446. The van der Waals surface area contributed by atoms with Gasteiger partial charge in [0.25, 0.3) is 0 Å². The fraction of sp³-hybridized carbons (Fsp3) is 0.423. The number of alkyl halides is 3. The van der Waals surface area contributed by atoms with E-state index in [1.54, 1.807) is 6.07 Å². The van der Waals surface area contributed by atoms with Gasteiger partial charge in [0.2, 0.25) is 0 Å². The normalized spacial score (nSPS) is 16.5. The Morgan fingerprint density at radius 1 is 1.12 bits per heavy atom. The van der Waals surface area contributed by atoms with E-state index in [1.165, 1.54) is 0 Å². The lowest BCUT2D eigenvalue weighted by molar-refractivity contribution is -0.137. The van der Waals surface area contributed by atoms with Crippen LogP contribution in [0.15, 0.2) is 48.5 Å². The van der Waals surface area contributed by atoms with Crippen LogP contribution in [0.25, 0.3) is 10.9 Å². The van der Waals surface area contributed by atoms with Crippen molar-refractivity contribution in [3.8, 4) is 5.75 Å². The molecular weight excluding hydrogens is 443 g/mol. The summed E-state index contributed by atoms with van der Waals surface area (Å²) < 4.78 is 46.5. The summed E-state index contributed by atoms with van der Waals surface area (Å²) in [5.74, 6) is 0.162. The van der Waals surface area contributed by atoms with Gasteiger partial charge < -0.3 is 15.2 Å². The smallest absolute Gasteiger partial charge is 0.416 e. The summed E-state index contributed by atoms with van der Waals surface area (Å²) in [5.41, 5.74) is 1.14. The summed E-state index contributed by atoms with van der Waals surface area (Å²) in [6.45, 7) is 6.18. The van der Waals surface area contributed by atoms with Gasteiger partial charge in [-0.2, -0.15) is 13.2 Å². The highest BCUT2D eigenvalue weighted by molar-refractivity contribution is 5.93. The van der Waals surface area contributed by atoms with E-state index in [1.807, 2.05) is 44.2 Å². The molecule has 0 aliphatic carbocycles. The van der Waals surface area contributed by atoms with Crippen LogP contribution in [0.2, 0.25) is 0 Å². The minimum Gasteiger partial charge on any atom is -0.492 e. The number of aryl methyl sites for hydroxylation is 1. The van der Waals surface area contributed by atoms with E-state index < -0.39 is 17.3 Å². The predicted octanol–water partition coefficient (Wildman–Crippen LogP) is 5.92. The third kappa shape index (κ3) is 5.80. The molecule has 1 aromatic heterocycles. The number of hydrogen-bond acceptors (Lipinski definition) is 5. The third-order valence-electron chi connectivity index (χ3n) is 6.48. The minimum absolute atomic E-state index is 0.162. The zero-order chi connectivity index (χ0) is 24.3. The van der Waals surface area contributed by atoms with Crippen molar-refractivity contribution in [3.05, 3.63) is 59.8 Å². The lowest BCUT2D eigenvalue weighted by Gasteiger charge is -2.37. The van der Waals surface area contributed by atoms with Gasteiger partial charge in [0.05, 0.1) is 16.7 Å². The lowest BCUT2D eigenvalue weighted by atomic mass is 9.89. The van der Waals surface area contributed by atoms with E-state index in [2.05, 4.69) is 15.2 Å². The first-order valence-electron chi connectivity index (χ1n) is 11.6. The van der Waals surface area contributed by atoms with Gasteiger partial charge in [0, 0.05) is 48.2 Å². The van der Waals surface area contributed by atoms with Crippen molar-refractivity contribution in [2.24, 2.45) is 0 Å². The van der Waals surface area contributed by atoms with Gasteiger partial charge in [0.1, 0.15) is 12.4 Å². The summed E-state index contributed by atoms with van der Waals surface area (Å²) in [7, 11) is 0. The number of pyridine rings is 1. The molecule has 1 saturated heterocycles. The van der Waals surface area contributed by atoms with E-state index >= 15 is 0 Å². The first kappa shape index (κ1) is 24.3. The van der Waals surface area contributed by atoms with Crippen LogP contribution in [0, 0.1) is 6.92 Å². The molecule has 3 aromatic rings. The highest BCUT2D eigenvalue weighted by Gasteiger charge is 2.32. The molecule has 1 aliphatic heterocycles. The fourth-order valence-corrected chi connectivity index (χ4v) is 4.32. The molecule has 5 nitrogen and oxygen atoms in total. The molecule has 0 atom stereocenters. The number of piperidine rings is 1. The van der Waals surface area contributed by atoms with Crippen molar-refractivity contribution < 1.29 is 23.0 Å². The Labute approximate surface area is 197 Å². The van der Waals surface area contributed by atoms with Crippen molar-refractivity contribution in [1.82, 2.24) is 9.88 Å². The van der Waals surface area contributed by atoms with Crippen LogP contribution in [0.1, 0.15) is 37.4 Å². The number of rotatable bonds is 7. The molecule has 1 aliphatic rings. The summed E-state index contributed by atoms with van der Waals surface area (Å²) in [4.78, 5) is 6.66. The first-order chi connectivity index (χ1) is 16.1. The van der Waals surface area contributed by atoms with Gasteiger partial charge in [-0.25, -0.2) is 0 Å². The number of para-hydroxylation sites is 1. The number of likely N-dealkylation sites (tertiary alicyclic amines) is 1. The summed E-state index contributed by atoms with van der Waals surface area (Å²) in [6, 6.07) is 13.0. The Bertz CT molecular complexity index is 1140. The van der Waals surface area contributed by atoms with E-state index in [9.17, 15) is 18.3 Å². The van der Waals surface area contributed by atoms with Crippen LogP contribution in [-0.4, -0.2) is 46.8 Å². The summed E-state index contributed by atoms with van der Waals surface area (Å²) in [6.07, 6.45) is -2.38. The Balaban J connectivity index is 1.50. The number of hydrogen-bond donors (Lipinski definition) is 2. The molecule has 2 N–H and O–H groups in total. The second-order valence-corrected chi connectivity index (χ2v) is 8.97. The van der Waals surface area contributed by atoms with Crippen LogP contribution < -0.4 is 10.1 Å². The number of benzene rings is 2. The third-order valence-corrected chi connectivity index (χ3v) is 6.48. The van der Waals surface area contributed by atoms with Gasteiger partial charge in [-0.3, -0.25) is 9.88 Å². The highest BCUT2D eigenvalue weighted by atomic mass is 19.4. The average molecular weight is 474 g/mol. The second-order valence-electron chi connectivity index (χ2n) is 8.97. The van der Waals surface area contributed by atoms with Crippen LogP contribution in [0.5, 0.6) is 5.75 Å². The highest BCUT2D eigenvalue weighted by Crippen LogP contribution is 2.36. The van der Waals surface area contributed by atoms with E-state index in [0.29, 0.717) is 30.8 Å². The Hall–Kier alpha value is -2.84. The van der Waals surface area contributed by atoms with Gasteiger partial charge >= 0.3 is 6.18 Å². The van der Waals surface area contributed by atoms with Gasteiger partial charge in [-0.05, 0) is 50.5 Å². The number of ether oxygens (including phenoxy) is 1. The molecule has 34 heavy (non-hydrogen) atoms. The zero-order valence-electron chi connectivity index (χ0n) is 19.5. The predicted molar refractivity (Wildman–Crippen MR) is 128 cm³/mol. The Morgan fingerprint density at radius 3 is 2.56 bits per heavy atom. The molecule has 0 spiro atoms. The Kier molecular flexibility index (Phi) is 7.00. The number of halogens is 3. The number of nitrogens with zero attached hydrogens (tertiary/aromatic N) is 2. The zero-order valence-corrected chi connectivity index (χ0v) is 19.5. The minimum atomic E-state index is -4.50. The molecule has 0 saturated carbocycles. The van der Waals surface area contributed by atoms with Crippen molar-refractivity contribution in [2.75, 3.05) is 31.6 Å². The number of anilines is 2. The number of fused-ring (bicyclic) bond motifs is 1. The lowest BCUT2D eigenvalue weighted by Crippen LogP contribution is -2.45. The molecule has 2 aromatic carbocycles. The maximum absolute atomic E-state index is 13.6. The van der Waals surface area contributed by atoms with Crippen LogP contribution in [0.3, 0.4) is 0 Å². The van der Waals surface area contributed by atoms with Crippen molar-refractivity contribution in [1.29, 1.82) is 0 Å². The molecular formula is C26H30F3N3O2. The van der Waals surface area contributed by atoms with Crippen molar-refractivity contribution >= 4 is 22.3 Å². The monoisotopic (exact) mass is 473 g/mol. The largest absolute Gasteiger partial charge is 0.492 e. The van der Waals surface area contributed by atoms with E-state index in [4.69, 9.17) is 4.74 Å². The number of nitrogens with one attached hydrogen (secondary N) is 1. The molecule has 2 heterocycles. The molecule has 8 heteroatoms. The molecule has 0 amide bonds. The molecule has 0 unspecified atom stereocenters. The fourth-order valence-electron chi connectivity index (χ4n) is 4.32. The molecule has 1 fully saturated rings. The van der Waals surface area contributed by atoms with E-state index in [-0.39, 0.29) is 12.4 Å². The standard InChI is InChI=1S/C26H30F3N3O2/c1-3-25(33)8-10-32(11-9-25)12-13-34-21-16-19(26(27,28)29)15-20(17-21)31-24-14-18(2)30-23-7-5-4-6-22(23)24/h4-7,14-17,33H,3,8-13H2,1-2H3,(H,30,31).